The molecule has 1 aromatic heterocycles. The number of nitrogens with zero attached hydrogens (tertiary/aromatic N) is 1. The molecular formula is C13H19ClN2O2. The van der Waals surface area contributed by atoms with E-state index in [1.54, 1.807) is 0 Å². The van der Waals surface area contributed by atoms with Crippen LogP contribution in [0.1, 0.15) is 38.1 Å². The number of carbonyl (C=O) groups is 1. The number of aromatic carboxylic acids is 1. The Bertz CT molecular complexity index is 441. The predicted octanol–water partition coefficient (Wildman–Crippen LogP) is 3.53. The molecule has 2 N–H and O–H groups in total. The minimum atomic E-state index is -1.01. The summed E-state index contributed by atoms with van der Waals surface area (Å²) < 4.78 is 0. The first-order valence-electron chi connectivity index (χ1n) is 5.85. The SMILES string of the molecule is CC(CNc1nc(Cl)ccc1C(=O)O)C(C)(C)C. The Morgan fingerprint density at radius 3 is 2.61 bits per heavy atom. The van der Waals surface area contributed by atoms with E-state index >= 15 is 0 Å². The summed E-state index contributed by atoms with van der Waals surface area (Å²) in [5.74, 6) is -0.309. The van der Waals surface area contributed by atoms with E-state index in [0.717, 1.165) is 0 Å². The van der Waals surface area contributed by atoms with Gasteiger partial charge in [-0.1, -0.05) is 39.3 Å². The molecule has 0 fully saturated rings. The predicted molar refractivity (Wildman–Crippen MR) is 73.3 cm³/mol. The van der Waals surface area contributed by atoms with Crippen LogP contribution >= 0.6 is 11.6 Å². The highest BCUT2D eigenvalue weighted by atomic mass is 35.5. The van der Waals surface area contributed by atoms with Crippen LogP contribution in [0, 0.1) is 11.3 Å². The van der Waals surface area contributed by atoms with E-state index < -0.39 is 5.97 Å². The van der Waals surface area contributed by atoms with Crippen molar-refractivity contribution in [3.63, 3.8) is 0 Å². The van der Waals surface area contributed by atoms with Crippen LogP contribution in [0.25, 0.3) is 0 Å². The van der Waals surface area contributed by atoms with Crippen LogP contribution in [0.5, 0.6) is 0 Å². The maximum absolute atomic E-state index is 11.1. The van der Waals surface area contributed by atoms with E-state index in [4.69, 9.17) is 16.7 Å². The molecule has 1 rings (SSSR count). The first-order valence-corrected chi connectivity index (χ1v) is 6.23. The number of hydrogen-bond acceptors (Lipinski definition) is 3. The number of carboxylic acids is 1. The number of nitrogens with one attached hydrogen (secondary N) is 1. The molecule has 0 saturated carbocycles. The Labute approximate surface area is 112 Å². The molecular weight excluding hydrogens is 252 g/mol. The van der Waals surface area contributed by atoms with Crippen molar-refractivity contribution in [2.45, 2.75) is 27.7 Å². The van der Waals surface area contributed by atoms with Gasteiger partial charge in [-0.05, 0) is 23.5 Å². The van der Waals surface area contributed by atoms with Crippen molar-refractivity contribution in [1.29, 1.82) is 0 Å². The lowest BCUT2D eigenvalue weighted by Gasteiger charge is -2.27. The summed E-state index contributed by atoms with van der Waals surface area (Å²) in [6, 6.07) is 2.94. The molecule has 0 spiro atoms. The molecule has 0 radical (unpaired) electrons. The smallest absolute Gasteiger partial charge is 0.339 e. The number of aromatic nitrogens is 1. The Hall–Kier alpha value is -1.29. The molecule has 5 heteroatoms. The molecule has 0 saturated heterocycles. The van der Waals surface area contributed by atoms with Crippen molar-refractivity contribution in [1.82, 2.24) is 4.98 Å². The summed E-state index contributed by atoms with van der Waals surface area (Å²) >= 11 is 5.78. The molecule has 0 bridgehead atoms. The van der Waals surface area contributed by atoms with Gasteiger partial charge in [0.05, 0.1) is 0 Å². The van der Waals surface area contributed by atoms with Gasteiger partial charge in [0.25, 0.3) is 0 Å². The maximum atomic E-state index is 11.1. The van der Waals surface area contributed by atoms with Gasteiger partial charge in [-0.3, -0.25) is 0 Å². The van der Waals surface area contributed by atoms with Gasteiger partial charge in [-0.2, -0.15) is 0 Å². The third kappa shape index (κ3) is 3.88. The average molecular weight is 271 g/mol. The largest absolute Gasteiger partial charge is 0.478 e. The number of hydrogen-bond donors (Lipinski definition) is 2. The average Bonchev–Trinajstić information content (AvgIpc) is 2.24. The summed E-state index contributed by atoms with van der Waals surface area (Å²) in [4.78, 5) is 15.1. The Kier molecular flexibility index (Phi) is 4.57. The van der Waals surface area contributed by atoms with Crippen molar-refractivity contribution >= 4 is 23.4 Å². The van der Waals surface area contributed by atoms with Crippen molar-refractivity contribution < 1.29 is 9.90 Å². The zero-order valence-electron chi connectivity index (χ0n) is 11.1. The topological polar surface area (TPSA) is 62.2 Å². The second-order valence-corrected chi connectivity index (χ2v) is 5.87. The first kappa shape index (κ1) is 14.8. The summed E-state index contributed by atoms with van der Waals surface area (Å²) in [7, 11) is 0. The lowest BCUT2D eigenvalue weighted by molar-refractivity contribution is 0.0697. The van der Waals surface area contributed by atoms with Crippen LogP contribution in [0.2, 0.25) is 5.15 Å². The third-order valence-corrected chi connectivity index (χ3v) is 3.36. The highest BCUT2D eigenvalue weighted by Gasteiger charge is 2.20. The van der Waals surface area contributed by atoms with E-state index in [2.05, 4.69) is 38.0 Å². The molecule has 1 atom stereocenters. The molecule has 0 aromatic carbocycles. The van der Waals surface area contributed by atoms with E-state index in [1.165, 1.54) is 12.1 Å². The summed E-state index contributed by atoms with van der Waals surface area (Å²) in [5, 5.41) is 12.4. The van der Waals surface area contributed by atoms with Gasteiger partial charge in [-0.25, -0.2) is 9.78 Å². The molecule has 0 aliphatic heterocycles. The second kappa shape index (κ2) is 5.57. The minimum Gasteiger partial charge on any atom is -0.478 e. The van der Waals surface area contributed by atoms with Crippen LogP contribution in [-0.4, -0.2) is 22.6 Å². The van der Waals surface area contributed by atoms with Gasteiger partial charge < -0.3 is 10.4 Å². The molecule has 100 valence electrons. The van der Waals surface area contributed by atoms with Crippen molar-refractivity contribution in [2.75, 3.05) is 11.9 Å². The van der Waals surface area contributed by atoms with Crippen LogP contribution in [0.15, 0.2) is 12.1 Å². The Morgan fingerprint density at radius 2 is 2.11 bits per heavy atom. The number of pyridine rings is 1. The molecule has 0 amide bonds. The fraction of sp³-hybridized carbons (Fsp3) is 0.538. The van der Waals surface area contributed by atoms with E-state index in [0.29, 0.717) is 18.3 Å². The number of anilines is 1. The number of carboxylic acid groups (broad SMARTS) is 1. The van der Waals surface area contributed by atoms with Crippen LogP contribution in [0.3, 0.4) is 0 Å². The minimum absolute atomic E-state index is 0.139. The fourth-order valence-corrected chi connectivity index (χ4v) is 1.45. The van der Waals surface area contributed by atoms with E-state index in [1.807, 2.05) is 0 Å². The maximum Gasteiger partial charge on any atom is 0.339 e. The first-order chi connectivity index (χ1) is 8.21. The second-order valence-electron chi connectivity index (χ2n) is 5.48. The van der Waals surface area contributed by atoms with Gasteiger partial charge in [0, 0.05) is 6.54 Å². The zero-order chi connectivity index (χ0) is 13.9. The van der Waals surface area contributed by atoms with Gasteiger partial charge in [0.15, 0.2) is 0 Å². The molecule has 18 heavy (non-hydrogen) atoms. The van der Waals surface area contributed by atoms with Gasteiger partial charge >= 0.3 is 5.97 Å². The summed E-state index contributed by atoms with van der Waals surface area (Å²) in [6.07, 6.45) is 0. The zero-order valence-corrected chi connectivity index (χ0v) is 11.9. The molecule has 4 nitrogen and oxygen atoms in total. The molecule has 1 heterocycles. The monoisotopic (exact) mass is 270 g/mol. The van der Waals surface area contributed by atoms with Gasteiger partial charge in [0.2, 0.25) is 0 Å². The van der Waals surface area contributed by atoms with Gasteiger partial charge in [-0.15, -0.1) is 0 Å². The van der Waals surface area contributed by atoms with Crippen LogP contribution in [-0.2, 0) is 0 Å². The molecule has 1 aromatic rings. The van der Waals surface area contributed by atoms with E-state index in [-0.39, 0.29) is 16.1 Å². The van der Waals surface area contributed by atoms with E-state index in [9.17, 15) is 4.79 Å². The van der Waals surface area contributed by atoms with Crippen LogP contribution in [0.4, 0.5) is 5.82 Å². The Morgan fingerprint density at radius 1 is 1.50 bits per heavy atom. The number of halogens is 1. The van der Waals surface area contributed by atoms with Crippen LogP contribution < -0.4 is 5.32 Å². The third-order valence-electron chi connectivity index (χ3n) is 3.15. The molecule has 0 aliphatic rings. The van der Waals surface area contributed by atoms with Crippen molar-refractivity contribution in [3.8, 4) is 0 Å². The summed E-state index contributed by atoms with van der Waals surface area (Å²) in [5.41, 5.74) is 0.287. The highest BCUT2D eigenvalue weighted by molar-refractivity contribution is 6.29. The van der Waals surface area contributed by atoms with Crippen molar-refractivity contribution in [3.05, 3.63) is 22.8 Å². The lowest BCUT2D eigenvalue weighted by Crippen LogP contribution is -2.25. The fourth-order valence-electron chi connectivity index (χ4n) is 1.30. The standard InChI is InChI=1S/C13H19ClN2O2/c1-8(13(2,3)4)7-15-11-9(12(17)18)5-6-10(14)16-11/h5-6,8H,7H2,1-4H3,(H,15,16)(H,17,18). The number of rotatable bonds is 4. The van der Waals surface area contributed by atoms with Gasteiger partial charge in [0.1, 0.15) is 16.5 Å². The quantitative estimate of drug-likeness (QED) is 0.822. The molecule has 1 unspecified atom stereocenters. The lowest BCUT2D eigenvalue weighted by atomic mass is 9.82. The highest BCUT2D eigenvalue weighted by Crippen LogP contribution is 2.26. The normalized spacial score (nSPS) is 13.2. The Balaban J connectivity index is 2.84. The molecule has 0 aliphatic carbocycles. The van der Waals surface area contributed by atoms with Crippen molar-refractivity contribution in [2.24, 2.45) is 11.3 Å². The summed E-state index contributed by atoms with van der Waals surface area (Å²) in [6.45, 7) is 9.18.